The summed E-state index contributed by atoms with van der Waals surface area (Å²) in [5, 5.41) is 14.4. The Morgan fingerprint density at radius 3 is 2.77 bits per heavy atom. The summed E-state index contributed by atoms with van der Waals surface area (Å²) in [6.45, 7) is 0. The van der Waals surface area contributed by atoms with Gasteiger partial charge in [0.2, 0.25) is 0 Å². The molecule has 22 heavy (non-hydrogen) atoms. The van der Waals surface area contributed by atoms with Gasteiger partial charge in [-0.2, -0.15) is 5.10 Å². The molecule has 0 bridgehead atoms. The highest BCUT2D eigenvalue weighted by atomic mass is 16.6. The zero-order valence-electron chi connectivity index (χ0n) is 11.7. The summed E-state index contributed by atoms with van der Waals surface area (Å²) in [7, 11) is 1.51. The maximum absolute atomic E-state index is 11.9. The van der Waals surface area contributed by atoms with Crippen molar-refractivity contribution in [2.24, 2.45) is 5.10 Å². The van der Waals surface area contributed by atoms with Crippen molar-refractivity contribution < 1.29 is 14.5 Å². The molecule has 0 aromatic heterocycles. The molecule has 1 N–H and O–H groups in total. The van der Waals surface area contributed by atoms with Crippen LogP contribution in [0.3, 0.4) is 0 Å². The molecule has 0 radical (unpaired) electrons. The second-order valence-electron chi connectivity index (χ2n) is 4.28. The highest BCUT2D eigenvalue weighted by Crippen LogP contribution is 2.13. The largest absolute Gasteiger partial charge is 0.497 e. The average Bonchev–Trinajstić information content (AvgIpc) is 2.55. The molecule has 112 valence electrons. The Hall–Kier alpha value is -3.22. The number of carbonyl (C=O) groups excluding carboxylic acids is 1. The van der Waals surface area contributed by atoms with Gasteiger partial charge in [-0.3, -0.25) is 14.9 Å². The number of nitro benzene ring substituents is 1. The number of nitrogens with zero attached hydrogens (tertiary/aromatic N) is 2. The van der Waals surface area contributed by atoms with Gasteiger partial charge in [0.15, 0.2) is 0 Å². The molecule has 0 saturated carbocycles. The van der Waals surface area contributed by atoms with E-state index in [0.717, 1.165) is 0 Å². The molecule has 0 aliphatic heterocycles. The number of rotatable bonds is 5. The van der Waals surface area contributed by atoms with E-state index < -0.39 is 10.8 Å². The number of non-ortho nitro benzene ring substituents is 1. The van der Waals surface area contributed by atoms with Gasteiger partial charge in [0, 0.05) is 23.3 Å². The summed E-state index contributed by atoms with van der Waals surface area (Å²) < 4.78 is 5.03. The van der Waals surface area contributed by atoms with Crippen LogP contribution < -0.4 is 10.2 Å². The third kappa shape index (κ3) is 3.89. The zero-order valence-corrected chi connectivity index (χ0v) is 11.7. The summed E-state index contributed by atoms with van der Waals surface area (Å²) in [6.07, 6.45) is 1.34. The fraction of sp³-hybridized carbons (Fsp3) is 0.0667. The number of ether oxygens (including phenoxy) is 1. The summed E-state index contributed by atoms with van der Waals surface area (Å²) in [5.41, 5.74) is 3.23. The van der Waals surface area contributed by atoms with Crippen LogP contribution in [0.4, 0.5) is 5.69 Å². The number of nitro groups is 1. The first-order valence-electron chi connectivity index (χ1n) is 6.32. The van der Waals surface area contributed by atoms with E-state index >= 15 is 0 Å². The SMILES string of the molecule is COc1cccc(C(=O)N/N=C\c2cccc([N+](=O)[O-])c2)c1. The minimum absolute atomic E-state index is 0.0388. The standard InChI is InChI=1S/C15H13N3O4/c1-22-14-7-3-5-12(9-14)15(19)17-16-10-11-4-2-6-13(8-11)18(20)21/h2-10H,1H3,(H,17,19)/b16-10-. The zero-order chi connectivity index (χ0) is 15.9. The predicted octanol–water partition coefficient (Wildman–Crippen LogP) is 2.37. The Bertz CT molecular complexity index is 728. The molecule has 0 unspecified atom stereocenters. The third-order valence-electron chi connectivity index (χ3n) is 2.79. The van der Waals surface area contributed by atoms with Crippen LogP contribution in [0.5, 0.6) is 5.75 Å². The Morgan fingerprint density at radius 1 is 1.27 bits per heavy atom. The fourth-order valence-corrected chi connectivity index (χ4v) is 1.71. The first-order chi connectivity index (χ1) is 10.6. The summed E-state index contributed by atoms with van der Waals surface area (Å²) in [6, 6.07) is 12.6. The van der Waals surface area contributed by atoms with Gasteiger partial charge >= 0.3 is 0 Å². The van der Waals surface area contributed by atoms with Crippen molar-refractivity contribution in [3.05, 3.63) is 69.8 Å². The maximum atomic E-state index is 11.9. The van der Waals surface area contributed by atoms with E-state index in [2.05, 4.69) is 10.5 Å². The Labute approximate surface area is 126 Å². The Kier molecular flexibility index (Phi) is 4.81. The number of methoxy groups -OCH3 is 1. The molecule has 0 fully saturated rings. The highest BCUT2D eigenvalue weighted by molar-refractivity contribution is 5.95. The fourth-order valence-electron chi connectivity index (χ4n) is 1.71. The van der Waals surface area contributed by atoms with Crippen LogP contribution in [0, 0.1) is 10.1 Å². The van der Waals surface area contributed by atoms with Crippen LogP contribution >= 0.6 is 0 Å². The van der Waals surface area contributed by atoms with Crippen molar-refractivity contribution in [3.63, 3.8) is 0 Å². The number of carbonyl (C=O) groups is 1. The van der Waals surface area contributed by atoms with E-state index in [4.69, 9.17) is 4.74 Å². The monoisotopic (exact) mass is 299 g/mol. The van der Waals surface area contributed by atoms with Crippen LogP contribution in [0.15, 0.2) is 53.6 Å². The maximum Gasteiger partial charge on any atom is 0.271 e. The number of hydrogen-bond donors (Lipinski definition) is 1. The molecular formula is C15H13N3O4. The number of hydrogen-bond acceptors (Lipinski definition) is 5. The Morgan fingerprint density at radius 2 is 2.05 bits per heavy atom. The second kappa shape index (κ2) is 6.98. The van der Waals surface area contributed by atoms with E-state index in [1.807, 2.05) is 0 Å². The molecule has 2 rings (SSSR count). The molecule has 0 aliphatic carbocycles. The molecule has 2 aromatic rings. The summed E-state index contributed by atoms with van der Waals surface area (Å²) in [5.74, 6) is 0.163. The number of benzene rings is 2. The number of nitrogens with one attached hydrogen (secondary N) is 1. The lowest BCUT2D eigenvalue weighted by atomic mass is 10.2. The van der Waals surface area contributed by atoms with Crippen molar-refractivity contribution in [2.75, 3.05) is 7.11 Å². The van der Waals surface area contributed by atoms with Crippen LogP contribution in [0.1, 0.15) is 15.9 Å². The smallest absolute Gasteiger partial charge is 0.271 e. The van der Waals surface area contributed by atoms with Gasteiger partial charge in [0.05, 0.1) is 18.2 Å². The van der Waals surface area contributed by atoms with E-state index in [9.17, 15) is 14.9 Å². The van der Waals surface area contributed by atoms with E-state index in [1.165, 1.54) is 25.5 Å². The molecule has 7 heteroatoms. The van der Waals surface area contributed by atoms with Crippen LogP contribution in [-0.2, 0) is 0 Å². The lowest BCUT2D eigenvalue weighted by Crippen LogP contribution is -2.17. The lowest BCUT2D eigenvalue weighted by Gasteiger charge is -2.02. The van der Waals surface area contributed by atoms with Gasteiger partial charge in [-0.05, 0) is 18.2 Å². The molecule has 0 aliphatic rings. The lowest BCUT2D eigenvalue weighted by molar-refractivity contribution is -0.384. The summed E-state index contributed by atoms with van der Waals surface area (Å²) in [4.78, 5) is 22.1. The number of hydrazone groups is 1. The molecule has 0 atom stereocenters. The first kappa shape index (κ1) is 15.2. The van der Waals surface area contributed by atoms with Crippen molar-refractivity contribution in [1.82, 2.24) is 5.43 Å². The molecule has 0 saturated heterocycles. The quantitative estimate of drug-likeness (QED) is 0.521. The van der Waals surface area contributed by atoms with Gasteiger partial charge in [0.25, 0.3) is 11.6 Å². The van der Waals surface area contributed by atoms with Gasteiger partial charge in [-0.1, -0.05) is 18.2 Å². The first-order valence-corrected chi connectivity index (χ1v) is 6.32. The van der Waals surface area contributed by atoms with Crippen molar-refractivity contribution in [1.29, 1.82) is 0 Å². The minimum atomic E-state index is -0.494. The topological polar surface area (TPSA) is 93.8 Å². The van der Waals surface area contributed by atoms with Crippen molar-refractivity contribution in [2.45, 2.75) is 0 Å². The molecular weight excluding hydrogens is 286 g/mol. The van der Waals surface area contributed by atoms with Crippen LogP contribution in [0.25, 0.3) is 0 Å². The highest BCUT2D eigenvalue weighted by Gasteiger charge is 2.06. The average molecular weight is 299 g/mol. The molecule has 1 amide bonds. The van der Waals surface area contributed by atoms with Crippen LogP contribution in [-0.4, -0.2) is 24.2 Å². The van der Waals surface area contributed by atoms with E-state index in [1.54, 1.807) is 36.4 Å². The Balaban J connectivity index is 2.04. The van der Waals surface area contributed by atoms with Crippen molar-refractivity contribution >= 4 is 17.8 Å². The normalized spacial score (nSPS) is 10.4. The second-order valence-corrected chi connectivity index (χ2v) is 4.28. The predicted molar refractivity (Wildman–Crippen MR) is 81.2 cm³/mol. The van der Waals surface area contributed by atoms with Crippen LogP contribution in [0.2, 0.25) is 0 Å². The van der Waals surface area contributed by atoms with E-state index in [0.29, 0.717) is 16.9 Å². The van der Waals surface area contributed by atoms with Gasteiger partial charge in [-0.15, -0.1) is 0 Å². The molecule has 0 heterocycles. The molecule has 0 spiro atoms. The minimum Gasteiger partial charge on any atom is -0.497 e. The summed E-state index contributed by atoms with van der Waals surface area (Å²) >= 11 is 0. The molecule has 7 nitrogen and oxygen atoms in total. The van der Waals surface area contributed by atoms with Crippen molar-refractivity contribution in [3.8, 4) is 5.75 Å². The van der Waals surface area contributed by atoms with Gasteiger partial charge < -0.3 is 4.74 Å². The van der Waals surface area contributed by atoms with Gasteiger partial charge in [0.1, 0.15) is 5.75 Å². The van der Waals surface area contributed by atoms with E-state index in [-0.39, 0.29) is 5.69 Å². The third-order valence-corrected chi connectivity index (χ3v) is 2.79. The van der Waals surface area contributed by atoms with Gasteiger partial charge in [-0.25, -0.2) is 5.43 Å². The number of amides is 1. The molecule has 2 aromatic carbocycles.